The van der Waals surface area contributed by atoms with Gasteiger partial charge in [-0.2, -0.15) is 10.2 Å². The number of carbonyl (C=O) groups excluding carboxylic acids is 1. The van der Waals surface area contributed by atoms with Crippen molar-refractivity contribution in [2.45, 2.75) is 6.54 Å². The summed E-state index contributed by atoms with van der Waals surface area (Å²) in [6.07, 6.45) is 1.39. The van der Waals surface area contributed by atoms with Crippen molar-refractivity contribution in [3.8, 4) is 11.3 Å². The molecule has 1 amide bonds. The van der Waals surface area contributed by atoms with Crippen LogP contribution in [0.2, 0.25) is 0 Å². The molecular weight excluding hydrogens is 397 g/mol. The van der Waals surface area contributed by atoms with Crippen LogP contribution in [0.15, 0.2) is 83.9 Å². The third kappa shape index (κ3) is 3.55. The van der Waals surface area contributed by atoms with E-state index in [9.17, 15) is 14.0 Å². The van der Waals surface area contributed by atoms with Gasteiger partial charge < -0.3 is 5.32 Å². The molecule has 5 rings (SSSR count). The molecule has 152 valence electrons. The molecule has 0 saturated carbocycles. The zero-order valence-electron chi connectivity index (χ0n) is 16.2. The number of anilines is 1. The summed E-state index contributed by atoms with van der Waals surface area (Å²) in [6, 6.07) is 21.1. The van der Waals surface area contributed by atoms with Gasteiger partial charge >= 0.3 is 0 Å². The topological polar surface area (TPSA) is 81.3 Å². The van der Waals surface area contributed by atoms with Crippen LogP contribution in [0, 0.1) is 5.82 Å². The van der Waals surface area contributed by atoms with E-state index in [0.29, 0.717) is 16.9 Å². The number of amides is 1. The molecule has 1 N–H and O–H groups in total. The zero-order chi connectivity index (χ0) is 21.4. The molecule has 0 unspecified atom stereocenters. The average Bonchev–Trinajstić information content (AvgIpc) is 3.20. The minimum atomic E-state index is -0.488. The molecule has 31 heavy (non-hydrogen) atoms. The van der Waals surface area contributed by atoms with Gasteiger partial charge in [0, 0.05) is 11.3 Å². The van der Waals surface area contributed by atoms with Crippen molar-refractivity contribution in [3.05, 3.63) is 95.3 Å². The number of nitrogens with one attached hydrogen (secondary N) is 1. The molecule has 3 aromatic carbocycles. The average molecular weight is 413 g/mol. The predicted octanol–water partition coefficient (Wildman–Crippen LogP) is 3.49. The first kappa shape index (κ1) is 18.7. The number of rotatable bonds is 4. The van der Waals surface area contributed by atoms with E-state index in [-0.39, 0.29) is 6.54 Å². The lowest BCUT2D eigenvalue weighted by Gasteiger charge is -2.06. The van der Waals surface area contributed by atoms with Gasteiger partial charge in [-0.05, 0) is 35.0 Å². The first-order chi connectivity index (χ1) is 15.1. The van der Waals surface area contributed by atoms with Gasteiger partial charge in [-0.25, -0.2) is 13.6 Å². The first-order valence-electron chi connectivity index (χ1n) is 9.57. The number of nitrogens with zero attached hydrogens (tertiary/aromatic N) is 4. The molecular formula is C23H16FN5O2. The monoisotopic (exact) mass is 413 g/mol. The van der Waals surface area contributed by atoms with Crippen molar-refractivity contribution in [2.24, 2.45) is 0 Å². The van der Waals surface area contributed by atoms with Gasteiger partial charge in [-0.3, -0.25) is 9.59 Å². The van der Waals surface area contributed by atoms with Crippen LogP contribution in [0.3, 0.4) is 0 Å². The van der Waals surface area contributed by atoms with Gasteiger partial charge in [0.1, 0.15) is 24.2 Å². The molecule has 8 heteroatoms. The largest absolute Gasteiger partial charge is 0.324 e. The summed E-state index contributed by atoms with van der Waals surface area (Å²) < 4.78 is 15.8. The number of aromatic nitrogens is 4. The summed E-state index contributed by atoms with van der Waals surface area (Å²) in [6.45, 7) is -0.305. The number of fused-ring (bicyclic) bond motifs is 2. The Morgan fingerprint density at radius 2 is 1.81 bits per heavy atom. The normalized spacial score (nSPS) is 11.1. The van der Waals surface area contributed by atoms with Crippen molar-refractivity contribution >= 4 is 27.9 Å². The number of halogens is 1. The highest BCUT2D eigenvalue weighted by molar-refractivity contribution is 5.96. The maximum absolute atomic E-state index is 13.3. The lowest BCUT2D eigenvalue weighted by atomic mass is 10.0. The van der Waals surface area contributed by atoms with E-state index >= 15 is 0 Å². The highest BCUT2D eigenvalue weighted by Gasteiger charge is 2.14. The molecule has 0 aliphatic rings. The Balaban J connectivity index is 1.48. The van der Waals surface area contributed by atoms with Crippen LogP contribution in [0.1, 0.15) is 0 Å². The molecule has 5 aromatic rings. The first-order valence-corrected chi connectivity index (χ1v) is 9.57. The van der Waals surface area contributed by atoms with Gasteiger partial charge in [0.05, 0.1) is 5.69 Å². The molecule has 2 aromatic heterocycles. The highest BCUT2D eigenvalue weighted by atomic mass is 19.1. The van der Waals surface area contributed by atoms with E-state index in [4.69, 9.17) is 0 Å². The quantitative estimate of drug-likeness (QED) is 0.489. The predicted molar refractivity (Wildman–Crippen MR) is 115 cm³/mol. The Morgan fingerprint density at radius 3 is 2.68 bits per heavy atom. The summed E-state index contributed by atoms with van der Waals surface area (Å²) in [5, 5.41) is 13.2. The van der Waals surface area contributed by atoms with Gasteiger partial charge in [0.15, 0.2) is 0 Å². The van der Waals surface area contributed by atoms with Crippen molar-refractivity contribution in [1.29, 1.82) is 0 Å². The van der Waals surface area contributed by atoms with Gasteiger partial charge in [0.2, 0.25) is 5.91 Å². The second-order valence-electron chi connectivity index (χ2n) is 7.04. The lowest BCUT2D eigenvalue weighted by Crippen LogP contribution is -2.30. The van der Waals surface area contributed by atoms with Gasteiger partial charge in [-0.15, -0.1) is 0 Å². The molecule has 0 radical (unpaired) electrons. The minimum absolute atomic E-state index is 0.302. The summed E-state index contributed by atoms with van der Waals surface area (Å²) in [5.74, 6) is -0.951. The van der Waals surface area contributed by atoms with Crippen LogP contribution >= 0.6 is 0 Å². The third-order valence-corrected chi connectivity index (χ3v) is 4.96. The van der Waals surface area contributed by atoms with Crippen LogP contribution in [0.25, 0.3) is 27.5 Å². The fraction of sp³-hybridized carbons (Fsp3) is 0.0435. The SMILES string of the molecule is O=C(Cn1ncn2nc(-c3cccc4ccccc34)cc2c1=O)Nc1cccc(F)c1. The Bertz CT molecular complexity index is 1500. The second kappa shape index (κ2) is 7.49. The van der Waals surface area contributed by atoms with E-state index in [1.165, 1.54) is 29.0 Å². The Morgan fingerprint density at radius 1 is 1.00 bits per heavy atom. The van der Waals surface area contributed by atoms with Crippen molar-refractivity contribution in [2.75, 3.05) is 5.32 Å². The Labute approximate surface area is 175 Å². The fourth-order valence-electron chi connectivity index (χ4n) is 3.53. The fourth-order valence-corrected chi connectivity index (χ4v) is 3.53. The Kier molecular flexibility index (Phi) is 4.51. The number of hydrogen-bond donors (Lipinski definition) is 1. The van der Waals surface area contributed by atoms with Crippen LogP contribution in [-0.4, -0.2) is 25.3 Å². The summed E-state index contributed by atoms with van der Waals surface area (Å²) >= 11 is 0. The minimum Gasteiger partial charge on any atom is -0.324 e. The molecule has 0 aliphatic heterocycles. The van der Waals surface area contributed by atoms with E-state index < -0.39 is 17.3 Å². The van der Waals surface area contributed by atoms with Gasteiger partial charge in [0.25, 0.3) is 5.56 Å². The van der Waals surface area contributed by atoms with Crippen LogP contribution < -0.4 is 10.9 Å². The standard InChI is InChI=1S/C23H16FN5O2/c24-16-7-4-8-17(11-16)26-22(30)13-28-23(31)21-12-20(27-29(21)14-25-28)19-10-3-6-15-5-1-2-9-18(15)19/h1-12,14H,13H2,(H,26,30). The molecule has 0 aliphatic carbocycles. The number of hydrogen-bond acceptors (Lipinski definition) is 4. The Hall–Kier alpha value is -4.33. The van der Waals surface area contributed by atoms with Crippen LogP contribution in [0.5, 0.6) is 0 Å². The van der Waals surface area contributed by atoms with E-state index in [2.05, 4.69) is 15.5 Å². The summed E-state index contributed by atoms with van der Waals surface area (Å²) in [4.78, 5) is 25.2. The number of benzene rings is 3. The lowest BCUT2D eigenvalue weighted by molar-refractivity contribution is -0.117. The third-order valence-electron chi connectivity index (χ3n) is 4.96. The summed E-state index contributed by atoms with van der Waals surface area (Å²) in [7, 11) is 0. The molecule has 0 saturated heterocycles. The maximum atomic E-state index is 13.3. The van der Waals surface area contributed by atoms with E-state index in [1.807, 2.05) is 42.5 Å². The molecule has 2 heterocycles. The molecule has 7 nitrogen and oxygen atoms in total. The molecule has 0 spiro atoms. The number of carbonyl (C=O) groups is 1. The van der Waals surface area contributed by atoms with E-state index in [0.717, 1.165) is 21.0 Å². The van der Waals surface area contributed by atoms with Crippen LogP contribution in [0.4, 0.5) is 10.1 Å². The smallest absolute Gasteiger partial charge is 0.293 e. The highest BCUT2D eigenvalue weighted by Crippen LogP contribution is 2.27. The van der Waals surface area contributed by atoms with Crippen molar-refractivity contribution in [3.63, 3.8) is 0 Å². The summed E-state index contributed by atoms with van der Waals surface area (Å²) in [5.41, 5.74) is 1.70. The van der Waals surface area contributed by atoms with Crippen LogP contribution in [-0.2, 0) is 11.3 Å². The van der Waals surface area contributed by atoms with E-state index in [1.54, 1.807) is 12.1 Å². The zero-order valence-corrected chi connectivity index (χ0v) is 16.2. The maximum Gasteiger partial charge on any atom is 0.293 e. The van der Waals surface area contributed by atoms with Gasteiger partial charge in [-0.1, -0.05) is 48.5 Å². The molecule has 0 fully saturated rings. The van der Waals surface area contributed by atoms with Crippen molar-refractivity contribution < 1.29 is 9.18 Å². The second-order valence-corrected chi connectivity index (χ2v) is 7.04. The van der Waals surface area contributed by atoms with Crippen molar-refractivity contribution in [1.82, 2.24) is 19.4 Å². The molecule has 0 atom stereocenters. The molecule has 0 bridgehead atoms.